The number of alkyl halides is 2. The van der Waals surface area contributed by atoms with E-state index in [1.165, 1.54) is 22.1 Å². The van der Waals surface area contributed by atoms with E-state index in [4.69, 9.17) is 0 Å². The fraction of sp³-hybridized carbons (Fsp3) is 0.381. The third-order valence-electron chi connectivity index (χ3n) is 4.96. The molecule has 1 heterocycles. The Morgan fingerprint density at radius 3 is 2.29 bits per heavy atom. The Balaban J connectivity index is 1.54. The summed E-state index contributed by atoms with van der Waals surface area (Å²) < 4.78 is 56.5. The lowest BCUT2D eigenvalue weighted by Gasteiger charge is -2.35. The van der Waals surface area contributed by atoms with Crippen molar-refractivity contribution in [2.45, 2.75) is 29.4 Å². The van der Waals surface area contributed by atoms with Crippen molar-refractivity contribution in [2.75, 3.05) is 26.2 Å². The molecule has 0 aliphatic carbocycles. The normalized spacial score (nSPS) is 16.3. The van der Waals surface area contributed by atoms with Gasteiger partial charge in [-0.25, -0.2) is 8.42 Å². The Labute approximate surface area is 185 Å². The molecule has 1 aliphatic heterocycles. The quantitative estimate of drug-likeness (QED) is 0.591. The van der Waals surface area contributed by atoms with E-state index >= 15 is 0 Å². The number of piperazine rings is 1. The number of benzene rings is 2. The maximum Gasteiger partial charge on any atom is 0.387 e. The Morgan fingerprint density at radius 1 is 1.03 bits per heavy atom. The molecule has 0 aromatic heterocycles. The third kappa shape index (κ3) is 5.96. The number of carbonyl (C=O) groups excluding carboxylic acids is 1. The number of thioether (sulfide) groups is 1. The summed E-state index contributed by atoms with van der Waals surface area (Å²) in [5.41, 5.74) is 0.589. The lowest BCUT2D eigenvalue weighted by atomic mass is 10.2. The zero-order valence-corrected chi connectivity index (χ0v) is 18.6. The molecule has 0 unspecified atom stereocenters. The summed E-state index contributed by atoms with van der Waals surface area (Å²) in [7, 11) is -3.58. The highest BCUT2D eigenvalue weighted by Crippen LogP contribution is 2.27. The van der Waals surface area contributed by atoms with Crippen LogP contribution < -0.4 is 4.74 Å². The highest BCUT2D eigenvalue weighted by atomic mass is 32.2. The maximum absolute atomic E-state index is 12.8. The second-order valence-corrected chi connectivity index (χ2v) is 10.2. The number of ether oxygens (including phenoxy) is 1. The predicted molar refractivity (Wildman–Crippen MR) is 116 cm³/mol. The van der Waals surface area contributed by atoms with E-state index in [0.717, 1.165) is 0 Å². The number of halogens is 2. The van der Waals surface area contributed by atoms with Gasteiger partial charge >= 0.3 is 6.61 Å². The fourth-order valence-electron chi connectivity index (χ4n) is 3.27. The molecule has 1 amide bonds. The molecule has 2 aromatic carbocycles. The van der Waals surface area contributed by atoms with Crippen molar-refractivity contribution in [2.24, 2.45) is 0 Å². The minimum absolute atomic E-state index is 0.101. The van der Waals surface area contributed by atoms with Gasteiger partial charge in [-0.2, -0.15) is 13.1 Å². The summed E-state index contributed by atoms with van der Waals surface area (Å²) in [4.78, 5) is 14.7. The second-order valence-electron chi connectivity index (χ2n) is 6.98. The first-order chi connectivity index (χ1) is 14.8. The number of rotatable bonds is 8. The first-order valence-electron chi connectivity index (χ1n) is 9.77. The molecular formula is C21H24F2N2O4S2. The van der Waals surface area contributed by atoms with Crippen molar-refractivity contribution in [1.29, 1.82) is 0 Å². The van der Waals surface area contributed by atoms with Crippen LogP contribution in [-0.2, 0) is 20.6 Å². The summed E-state index contributed by atoms with van der Waals surface area (Å²) in [5.74, 6) is 0.344. The van der Waals surface area contributed by atoms with Crippen LogP contribution in [0.25, 0.3) is 0 Å². The van der Waals surface area contributed by atoms with Crippen LogP contribution >= 0.6 is 11.8 Å². The first kappa shape index (κ1) is 23.5. The van der Waals surface area contributed by atoms with Crippen LogP contribution in [0.4, 0.5) is 8.78 Å². The van der Waals surface area contributed by atoms with Crippen molar-refractivity contribution < 1.29 is 26.7 Å². The number of para-hydroxylation sites is 1. The van der Waals surface area contributed by atoms with E-state index in [1.807, 2.05) is 0 Å². The average Bonchev–Trinajstić information content (AvgIpc) is 2.78. The van der Waals surface area contributed by atoms with E-state index in [-0.39, 0.29) is 29.6 Å². The Morgan fingerprint density at radius 2 is 1.65 bits per heavy atom. The van der Waals surface area contributed by atoms with Gasteiger partial charge in [-0.1, -0.05) is 36.4 Å². The molecular weight excluding hydrogens is 446 g/mol. The molecule has 0 N–H and O–H groups in total. The van der Waals surface area contributed by atoms with Gasteiger partial charge in [0.2, 0.25) is 15.9 Å². The smallest absolute Gasteiger partial charge is 0.387 e. The van der Waals surface area contributed by atoms with Crippen LogP contribution in [-0.4, -0.2) is 61.6 Å². The molecule has 1 saturated heterocycles. The zero-order chi connectivity index (χ0) is 22.4. The molecule has 3 rings (SSSR count). The zero-order valence-electron chi connectivity index (χ0n) is 17.0. The summed E-state index contributed by atoms with van der Waals surface area (Å²) in [5, 5.41) is -0.406. The monoisotopic (exact) mass is 470 g/mol. The maximum atomic E-state index is 12.8. The highest BCUT2D eigenvalue weighted by molar-refractivity contribution is 7.99. The van der Waals surface area contributed by atoms with Gasteiger partial charge in [0.15, 0.2) is 0 Å². The van der Waals surface area contributed by atoms with Crippen molar-refractivity contribution in [1.82, 2.24) is 9.21 Å². The van der Waals surface area contributed by atoms with Crippen LogP contribution in [0.2, 0.25) is 0 Å². The Kier molecular flexibility index (Phi) is 7.90. The summed E-state index contributed by atoms with van der Waals surface area (Å²) in [6.07, 6.45) is 0. The number of nitrogens with zero attached hydrogens (tertiary/aromatic N) is 2. The molecule has 6 nitrogen and oxygen atoms in total. The molecule has 168 valence electrons. The van der Waals surface area contributed by atoms with Gasteiger partial charge in [-0.3, -0.25) is 4.79 Å². The van der Waals surface area contributed by atoms with Crippen molar-refractivity contribution >= 4 is 27.7 Å². The van der Waals surface area contributed by atoms with Gasteiger partial charge in [-0.05, 0) is 25.1 Å². The highest BCUT2D eigenvalue weighted by Gasteiger charge is 2.31. The topological polar surface area (TPSA) is 66.9 Å². The van der Waals surface area contributed by atoms with Gasteiger partial charge in [0.05, 0.1) is 10.1 Å². The van der Waals surface area contributed by atoms with Gasteiger partial charge in [0, 0.05) is 37.5 Å². The van der Waals surface area contributed by atoms with Gasteiger partial charge < -0.3 is 9.64 Å². The fourth-order valence-corrected chi connectivity index (χ4v) is 5.67. The first-order valence-corrected chi connectivity index (χ1v) is 12.3. The predicted octanol–water partition coefficient (Wildman–Crippen LogP) is 3.44. The van der Waals surface area contributed by atoms with E-state index in [9.17, 15) is 22.0 Å². The van der Waals surface area contributed by atoms with Crippen molar-refractivity contribution in [3.8, 4) is 5.75 Å². The number of sulfonamides is 1. The Hall–Kier alpha value is -2.17. The molecule has 1 atom stereocenters. The standard InChI is InChI=1S/C21H24F2N2O4S2/c1-16(30-15-17-7-5-6-10-19(17)29-21(22)23)20(26)24-11-13-25(14-12-24)31(27,28)18-8-3-2-4-9-18/h2-10,16,21H,11-15H2,1H3/t16-/m1/s1. The summed E-state index contributed by atoms with van der Waals surface area (Å²) in [6.45, 7) is -0.0800. The average molecular weight is 471 g/mol. The van der Waals surface area contributed by atoms with E-state index in [2.05, 4.69) is 4.74 Å². The second kappa shape index (κ2) is 10.4. The molecule has 0 bridgehead atoms. The lowest BCUT2D eigenvalue weighted by Crippen LogP contribution is -2.52. The van der Waals surface area contributed by atoms with Crippen LogP contribution in [0.15, 0.2) is 59.5 Å². The molecule has 0 saturated carbocycles. The van der Waals surface area contributed by atoms with E-state index in [0.29, 0.717) is 24.4 Å². The minimum atomic E-state index is -3.58. The van der Waals surface area contributed by atoms with Crippen LogP contribution in [0.1, 0.15) is 12.5 Å². The summed E-state index contributed by atoms with van der Waals surface area (Å²) in [6, 6.07) is 14.7. The van der Waals surface area contributed by atoms with Crippen LogP contribution in [0, 0.1) is 0 Å². The molecule has 31 heavy (non-hydrogen) atoms. The largest absolute Gasteiger partial charge is 0.435 e. The van der Waals surface area contributed by atoms with Crippen molar-refractivity contribution in [3.05, 3.63) is 60.2 Å². The number of hydrogen-bond donors (Lipinski definition) is 0. The van der Waals surface area contributed by atoms with Crippen LogP contribution in [0.5, 0.6) is 5.75 Å². The molecule has 1 fully saturated rings. The van der Waals surface area contributed by atoms with Crippen molar-refractivity contribution in [3.63, 3.8) is 0 Å². The molecule has 0 radical (unpaired) electrons. The van der Waals surface area contributed by atoms with E-state index < -0.39 is 21.9 Å². The lowest BCUT2D eigenvalue weighted by molar-refractivity contribution is -0.131. The molecule has 1 aliphatic rings. The van der Waals surface area contributed by atoms with E-state index in [1.54, 1.807) is 60.4 Å². The molecule has 10 heteroatoms. The SMILES string of the molecule is C[C@@H](SCc1ccccc1OC(F)F)C(=O)N1CCN(S(=O)(=O)c2ccccc2)CC1. The number of amides is 1. The van der Waals surface area contributed by atoms with Gasteiger partial charge in [-0.15, -0.1) is 11.8 Å². The Bertz CT molecular complexity index is 982. The van der Waals surface area contributed by atoms with Gasteiger partial charge in [0.25, 0.3) is 0 Å². The number of hydrogen-bond acceptors (Lipinski definition) is 5. The molecule has 0 spiro atoms. The van der Waals surface area contributed by atoms with Crippen LogP contribution in [0.3, 0.4) is 0 Å². The number of carbonyl (C=O) groups is 1. The summed E-state index contributed by atoms with van der Waals surface area (Å²) >= 11 is 1.33. The minimum Gasteiger partial charge on any atom is -0.435 e. The molecule has 2 aromatic rings. The van der Waals surface area contributed by atoms with Gasteiger partial charge in [0.1, 0.15) is 5.75 Å². The third-order valence-corrected chi connectivity index (χ3v) is 8.05.